The van der Waals surface area contributed by atoms with E-state index in [1.165, 1.54) is 23.7 Å². The van der Waals surface area contributed by atoms with E-state index in [2.05, 4.69) is 16.7 Å². The van der Waals surface area contributed by atoms with Gasteiger partial charge in [0, 0.05) is 12.2 Å². The van der Waals surface area contributed by atoms with Crippen LogP contribution in [0.5, 0.6) is 0 Å². The summed E-state index contributed by atoms with van der Waals surface area (Å²) in [6.07, 6.45) is 3.89. The number of carbonyl (C=O) groups is 1. The van der Waals surface area contributed by atoms with E-state index in [1.807, 2.05) is 12.1 Å². The molecule has 0 spiro atoms. The molecule has 1 amide bonds. The van der Waals surface area contributed by atoms with E-state index in [0.29, 0.717) is 5.56 Å². The molecule has 1 aliphatic heterocycles. The van der Waals surface area contributed by atoms with Crippen LogP contribution in [0.15, 0.2) is 41.2 Å². The maximum Gasteiger partial charge on any atom is 0.258 e. The summed E-state index contributed by atoms with van der Waals surface area (Å²) in [4.78, 5) is 12.0. The SMILES string of the molecule is O=C(Nc1cccc2c1CCNC2)c1ccoc1. The average molecular weight is 242 g/mol. The minimum Gasteiger partial charge on any atom is -0.472 e. The van der Waals surface area contributed by atoms with Crippen molar-refractivity contribution in [2.75, 3.05) is 11.9 Å². The zero-order valence-electron chi connectivity index (χ0n) is 9.90. The first kappa shape index (κ1) is 11.0. The Morgan fingerprint density at radius 2 is 2.28 bits per heavy atom. The first-order valence-electron chi connectivity index (χ1n) is 5.99. The van der Waals surface area contributed by atoms with Gasteiger partial charge >= 0.3 is 0 Å². The Morgan fingerprint density at radius 1 is 1.33 bits per heavy atom. The van der Waals surface area contributed by atoms with Crippen LogP contribution in [0.4, 0.5) is 5.69 Å². The van der Waals surface area contributed by atoms with Gasteiger partial charge in [0.25, 0.3) is 5.91 Å². The zero-order valence-corrected chi connectivity index (χ0v) is 9.90. The Bertz CT molecular complexity index is 561. The van der Waals surface area contributed by atoms with Gasteiger partial charge in [-0.15, -0.1) is 0 Å². The van der Waals surface area contributed by atoms with Gasteiger partial charge in [-0.3, -0.25) is 4.79 Å². The number of amides is 1. The highest BCUT2D eigenvalue weighted by molar-refractivity contribution is 6.04. The number of nitrogens with one attached hydrogen (secondary N) is 2. The zero-order chi connectivity index (χ0) is 12.4. The predicted octanol–water partition coefficient (Wildman–Crippen LogP) is 2.18. The van der Waals surface area contributed by atoms with Crippen molar-refractivity contribution in [3.05, 3.63) is 53.5 Å². The average Bonchev–Trinajstić information content (AvgIpc) is 2.93. The van der Waals surface area contributed by atoms with Crippen LogP contribution in [0.1, 0.15) is 21.5 Å². The van der Waals surface area contributed by atoms with E-state index >= 15 is 0 Å². The molecular weight excluding hydrogens is 228 g/mol. The van der Waals surface area contributed by atoms with E-state index in [9.17, 15) is 4.79 Å². The lowest BCUT2D eigenvalue weighted by molar-refractivity contribution is 0.102. The van der Waals surface area contributed by atoms with Crippen molar-refractivity contribution in [2.45, 2.75) is 13.0 Å². The fourth-order valence-corrected chi connectivity index (χ4v) is 2.24. The Morgan fingerprint density at radius 3 is 3.11 bits per heavy atom. The van der Waals surface area contributed by atoms with E-state index in [-0.39, 0.29) is 5.91 Å². The molecule has 0 fully saturated rings. The normalized spacial score (nSPS) is 14.0. The number of rotatable bonds is 2. The van der Waals surface area contributed by atoms with Crippen molar-refractivity contribution in [1.29, 1.82) is 0 Å². The Hall–Kier alpha value is -2.07. The number of furan rings is 1. The van der Waals surface area contributed by atoms with Gasteiger partial charge in [-0.25, -0.2) is 0 Å². The van der Waals surface area contributed by atoms with Gasteiger partial charge in [0.2, 0.25) is 0 Å². The maximum atomic E-state index is 12.0. The Balaban J connectivity index is 1.87. The highest BCUT2D eigenvalue weighted by Crippen LogP contribution is 2.23. The molecule has 4 nitrogen and oxygen atoms in total. The van der Waals surface area contributed by atoms with Crippen LogP contribution in [-0.4, -0.2) is 12.5 Å². The number of benzene rings is 1. The smallest absolute Gasteiger partial charge is 0.258 e. The number of carbonyl (C=O) groups excluding carboxylic acids is 1. The summed E-state index contributed by atoms with van der Waals surface area (Å²) in [5.74, 6) is -0.129. The Kier molecular flexibility index (Phi) is 2.86. The summed E-state index contributed by atoms with van der Waals surface area (Å²) in [5, 5.41) is 6.27. The van der Waals surface area contributed by atoms with Gasteiger partial charge in [-0.1, -0.05) is 12.1 Å². The molecule has 0 unspecified atom stereocenters. The van der Waals surface area contributed by atoms with Crippen LogP contribution >= 0.6 is 0 Å². The van der Waals surface area contributed by atoms with E-state index in [4.69, 9.17) is 4.42 Å². The molecule has 0 aliphatic carbocycles. The molecule has 4 heteroatoms. The number of fused-ring (bicyclic) bond motifs is 1. The molecule has 2 N–H and O–H groups in total. The quantitative estimate of drug-likeness (QED) is 0.848. The van der Waals surface area contributed by atoms with E-state index < -0.39 is 0 Å². The fraction of sp³-hybridized carbons (Fsp3) is 0.214. The second-order valence-corrected chi connectivity index (χ2v) is 4.34. The van der Waals surface area contributed by atoms with Crippen molar-refractivity contribution < 1.29 is 9.21 Å². The molecule has 0 saturated heterocycles. The summed E-state index contributed by atoms with van der Waals surface area (Å²) in [6, 6.07) is 7.67. The maximum absolute atomic E-state index is 12.0. The fourth-order valence-electron chi connectivity index (χ4n) is 2.24. The molecule has 3 rings (SSSR count). The van der Waals surface area contributed by atoms with Gasteiger partial charge < -0.3 is 15.1 Å². The van der Waals surface area contributed by atoms with Gasteiger partial charge in [-0.05, 0) is 36.2 Å². The molecule has 1 aromatic carbocycles. The second kappa shape index (κ2) is 4.66. The molecule has 1 aliphatic rings. The lowest BCUT2D eigenvalue weighted by Gasteiger charge is -2.20. The van der Waals surface area contributed by atoms with Gasteiger partial charge in [0.05, 0.1) is 11.8 Å². The predicted molar refractivity (Wildman–Crippen MR) is 68.5 cm³/mol. The third kappa shape index (κ3) is 2.02. The molecular formula is C14H14N2O2. The second-order valence-electron chi connectivity index (χ2n) is 4.34. The van der Waals surface area contributed by atoms with E-state index in [0.717, 1.165) is 25.2 Å². The summed E-state index contributed by atoms with van der Waals surface area (Å²) >= 11 is 0. The monoisotopic (exact) mass is 242 g/mol. The van der Waals surface area contributed by atoms with Crippen molar-refractivity contribution in [3.8, 4) is 0 Å². The molecule has 0 radical (unpaired) electrons. The molecule has 0 saturated carbocycles. The molecule has 0 atom stereocenters. The van der Waals surface area contributed by atoms with Crippen molar-refractivity contribution in [2.24, 2.45) is 0 Å². The van der Waals surface area contributed by atoms with Crippen LogP contribution < -0.4 is 10.6 Å². The standard InChI is InChI=1S/C14H14N2O2/c17-14(11-5-7-18-9-11)16-13-3-1-2-10-8-15-6-4-12(10)13/h1-3,5,7,9,15H,4,6,8H2,(H,16,17). The van der Waals surface area contributed by atoms with Crippen LogP contribution in [0.2, 0.25) is 0 Å². The van der Waals surface area contributed by atoms with E-state index in [1.54, 1.807) is 6.07 Å². The summed E-state index contributed by atoms with van der Waals surface area (Å²) in [7, 11) is 0. The third-order valence-corrected chi connectivity index (χ3v) is 3.17. The molecule has 18 heavy (non-hydrogen) atoms. The highest BCUT2D eigenvalue weighted by Gasteiger charge is 2.15. The minimum absolute atomic E-state index is 0.129. The number of anilines is 1. The van der Waals surface area contributed by atoms with Crippen LogP contribution in [0.3, 0.4) is 0 Å². The number of hydrogen-bond donors (Lipinski definition) is 2. The molecule has 2 heterocycles. The summed E-state index contributed by atoms with van der Waals surface area (Å²) in [6.45, 7) is 1.82. The molecule has 0 bridgehead atoms. The van der Waals surface area contributed by atoms with Gasteiger partial charge in [0.15, 0.2) is 0 Å². The van der Waals surface area contributed by atoms with Crippen molar-refractivity contribution in [1.82, 2.24) is 5.32 Å². The minimum atomic E-state index is -0.129. The molecule has 92 valence electrons. The van der Waals surface area contributed by atoms with Crippen LogP contribution in [0, 0.1) is 0 Å². The third-order valence-electron chi connectivity index (χ3n) is 3.17. The van der Waals surface area contributed by atoms with Crippen LogP contribution in [-0.2, 0) is 13.0 Å². The van der Waals surface area contributed by atoms with Crippen molar-refractivity contribution in [3.63, 3.8) is 0 Å². The topological polar surface area (TPSA) is 54.3 Å². The first-order valence-corrected chi connectivity index (χ1v) is 5.99. The Labute approximate surface area is 105 Å². The molecule has 1 aromatic heterocycles. The van der Waals surface area contributed by atoms with Gasteiger partial charge in [-0.2, -0.15) is 0 Å². The summed E-state index contributed by atoms with van der Waals surface area (Å²) in [5.41, 5.74) is 3.93. The number of hydrogen-bond acceptors (Lipinski definition) is 3. The lowest BCUT2D eigenvalue weighted by Crippen LogP contribution is -2.25. The van der Waals surface area contributed by atoms with Gasteiger partial charge in [0.1, 0.15) is 6.26 Å². The first-order chi connectivity index (χ1) is 8.84. The largest absolute Gasteiger partial charge is 0.472 e. The lowest BCUT2D eigenvalue weighted by atomic mass is 9.99. The van der Waals surface area contributed by atoms with Crippen molar-refractivity contribution >= 4 is 11.6 Å². The molecule has 2 aromatic rings. The highest BCUT2D eigenvalue weighted by atomic mass is 16.3. The van der Waals surface area contributed by atoms with Crippen LogP contribution in [0.25, 0.3) is 0 Å². The summed E-state index contributed by atoms with van der Waals surface area (Å²) < 4.78 is 4.92.